The zero-order chi connectivity index (χ0) is 10.1. The van der Waals surface area contributed by atoms with Crippen LogP contribution in [0.3, 0.4) is 0 Å². The highest BCUT2D eigenvalue weighted by Crippen LogP contribution is 2.24. The maximum atomic E-state index is 12.8. The lowest BCUT2D eigenvalue weighted by atomic mass is 9.98. The molecule has 0 saturated heterocycles. The van der Waals surface area contributed by atoms with Gasteiger partial charge in [-0.15, -0.1) is 0 Å². The Morgan fingerprint density at radius 3 is 2.62 bits per heavy atom. The summed E-state index contributed by atoms with van der Waals surface area (Å²) in [6, 6.07) is 4.93. The fraction of sp³-hybridized carbons (Fsp3) is 0.222. The minimum absolute atomic E-state index is 0.116. The van der Waals surface area contributed by atoms with E-state index in [0.29, 0.717) is 0 Å². The van der Waals surface area contributed by atoms with Gasteiger partial charge in [0.2, 0.25) is 0 Å². The van der Waals surface area contributed by atoms with E-state index in [1.54, 1.807) is 6.07 Å². The second kappa shape index (κ2) is 3.04. The zero-order valence-electron chi connectivity index (χ0n) is 6.95. The van der Waals surface area contributed by atoms with Gasteiger partial charge < -0.3 is 10.2 Å². The van der Waals surface area contributed by atoms with Crippen LogP contribution in [0.4, 0.5) is 4.39 Å². The highest BCUT2D eigenvalue weighted by molar-refractivity contribution is 5.34. The standard InChI is InChI=1S/C9H8FNO2/c1-9(13,5-11)6-2-3-8(12)7(10)4-6/h2-4,12-13H,1H3. The zero-order valence-corrected chi connectivity index (χ0v) is 6.95. The monoisotopic (exact) mass is 181 g/mol. The van der Waals surface area contributed by atoms with E-state index in [1.165, 1.54) is 13.0 Å². The summed E-state index contributed by atoms with van der Waals surface area (Å²) in [6.07, 6.45) is 0. The third-order valence-electron chi connectivity index (χ3n) is 1.73. The van der Waals surface area contributed by atoms with Crippen molar-refractivity contribution in [3.8, 4) is 11.8 Å². The molecule has 0 aromatic heterocycles. The molecular formula is C9H8FNO2. The lowest BCUT2D eigenvalue weighted by Gasteiger charge is -2.14. The van der Waals surface area contributed by atoms with Gasteiger partial charge >= 0.3 is 0 Å². The smallest absolute Gasteiger partial charge is 0.173 e. The number of aliphatic hydroxyl groups is 1. The first-order valence-electron chi connectivity index (χ1n) is 3.60. The van der Waals surface area contributed by atoms with Crippen LogP contribution in [-0.2, 0) is 5.60 Å². The highest BCUT2D eigenvalue weighted by Gasteiger charge is 2.23. The number of hydrogen-bond donors (Lipinski definition) is 2. The first-order chi connectivity index (χ1) is 5.97. The molecule has 1 aromatic rings. The number of aromatic hydroxyl groups is 1. The van der Waals surface area contributed by atoms with Crippen molar-refractivity contribution in [3.63, 3.8) is 0 Å². The maximum absolute atomic E-state index is 12.8. The minimum Gasteiger partial charge on any atom is -0.505 e. The van der Waals surface area contributed by atoms with Gasteiger partial charge in [0.1, 0.15) is 6.07 Å². The van der Waals surface area contributed by atoms with E-state index < -0.39 is 17.2 Å². The Balaban J connectivity index is 3.20. The molecule has 0 bridgehead atoms. The number of nitriles is 1. The van der Waals surface area contributed by atoms with Gasteiger partial charge in [-0.25, -0.2) is 4.39 Å². The molecule has 68 valence electrons. The molecule has 2 N–H and O–H groups in total. The number of phenols is 1. The predicted octanol–water partition coefficient (Wildman–Crippen LogP) is 1.26. The molecule has 0 spiro atoms. The van der Waals surface area contributed by atoms with Gasteiger partial charge in [-0.2, -0.15) is 5.26 Å². The van der Waals surface area contributed by atoms with Crippen LogP contribution in [0.1, 0.15) is 12.5 Å². The molecule has 0 aliphatic heterocycles. The number of phenolic OH excluding ortho intramolecular Hbond substituents is 1. The maximum Gasteiger partial charge on any atom is 0.173 e. The number of benzene rings is 1. The summed E-state index contributed by atoms with van der Waals surface area (Å²) in [5.41, 5.74) is -1.61. The second-order valence-corrected chi connectivity index (χ2v) is 2.85. The number of halogens is 1. The highest BCUT2D eigenvalue weighted by atomic mass is 19.1. The molecule has 1 rings (SSSR count). The summed E-state index contributed by atoms with van der Waals surface area (Å²) < 4.78 is 12.8. The Morgan fingerprint density at radius 1 is 1.54 bits per heavy atom. The molecule has 0 radical (unpaired) electrons. The first kappa shape index (κ1) is 9.49. The van der Waals surface area contributed by atoms with Crippen LogP contribution in [-0.4, -0.2) is 10.2 Å². The van der Waals surface area contributed by atoms with E-state index in [1.807, 2.05) is 0 Å². The third kappa shape index (κ3) is 1.76. The van der Waals surface area contributed by atoms with E-state index >= 15 is 0 Å². The van der Waals surface area contributed by atoms with Crippen LogP contribution in [0.25, 0.3) is 0 Å². The Kier molecular flexibility index (Phi) is 2.22. The van der Waals surface area contributed by atoms with Gasteiger partial charge in [0.25, 0.3) is 0 Å². The van der Waals surface area contributed by atoms with Gasteiger partial charge in [-0.3, -0.25) is 0 Å². The quantitative estimate of drug-likeness (QED) is 0.641. The molecule has 1 aromatic carbocycles. The Labute approximate surface area is 74.7 Å². The van der Waals surface area contributed by atoms with Gasteiger partial charge in [0, 0.05) is 5.56 Å². The van der Waals surface area contributed by atoms with Gasteiger partial charge in [-0.1, -0.05) is 6.07 Å². The Hall–Kier alpha value is -1.60. The molecule has 1 unspecified atom stereocenters. The molecule has 0 saturated carbocycles. The summed E-state index contributed by atoms with van der Waals surface area (Å²) in [5, 5.41) is 26.8. The van der Waals surface area contributed by atoms with Crippen LogP contribution in [0.2, 0.25) is 0 Å². The van der Waals surface area contributed by atoms with Crippen LogP contribution >= 0.6 is 0 Å². The van der Waals surface area contributed by atoms with Gasteiger partial charge in [-0.05, 0) is 19.1 Å². The number of nitrogens with zero attached hydrogens (tertiary/aromatic N) is 1. The summed E-state index contributed by atoms with van der Waals surface area (Å²) in [4.78, 5) is 0. The molecule has 0 fully saturated rings. The molecular weight excluding hydrogens is 173 g/mol. The molecule has 0 amide bonds. The van der Waals surface area contributed by atoms with Crippen molar-refractivity contribution >= 4 is 0 Å². The van der Waals surface area contributed by atoms with Crippen molar-refractivity contribution in [2.75, 3.05) is 0 Å². The predicted molar refractivity (Wildman–Crippen MR) is 43.2 cm³/mol. The Morgan fingerprint density at radius 2 is 2.15 bits per heavy atom. The minimum atomic E-state index is -1.73. The van der Waals surface area contributed by atoms with Crippen molar-refractivity contribution < 1.29 is 14.6 Å². The summed E-state index contributed by atoms with van der Waals surface area (Å²) in [7, 11) is 0. The molecule has 0 heterocycles. The van der Waals surface area contributed by atoms with Crippen LogP contribution in [0.5, 0.6) is 5.75 Å². The molecule has 0 aliphatic carbocycles. The van der Waals surface area contributed by atoms with Gasteiger partial charge in [0.15, 0.2) is 17.2 Å². The van der Waals surface area contributed by atoms with Crippen molar-refractivity contribution in [1.82, 2.24) is 0 Å². The molecule has 0 aliphatic rings. The summed E-state index contributed by atoms with van der Waals surface area (Å²) in [6.45, 7) is 1.25. The lowest BCUT2D eigenvalue weighted by Crippen LogP contribution is -2.18. The SMILES string of the molecule is CC(O)(C#N)c1ccc(O)c(F)c1. The molecule has 4 heteroatoms. The lowest BCUT2D eigenvalue weighted by molar-refractivity contribution is 0.119. The van der Waals surface area contributed by atoms with E-state index in [2.05, 4.69) is 0 Å². The van der Waals surface area contributed by atoms with Gasteiger partial charge in [0.05, 0.1) is 0 Å². The first-order valence-corrected chi connectivity index (χ1v) is 3.60. The number of hydrogen-bond acceptors (Lipinski definition) is 3. The average molecular weight is 181 g/mol. The van der Waals surface area contributed by atoms with E-state index in [0.717, 1.165) is 12.1 Å². The van der Waals surface area contributed by atoms with Crippen LogP contribution < -0.4 is 0 Å². The fourth-order valence-electron chi connectivity index (χ4n) is 0.874. The summed E-state index contributed by atoms with van der Waals surface area (Å²) in [5.74, 6) is -1.36. The normalized spacial score (nSPS) is 14.6. The number of rotatable bonds is 1. The van der Waals surface area contributed by atoms with E-state index in [9.17, 15) is 9.50 Å². The van der Waals surface area contributed by atoms with Crippen molar-refractivity contribution in [3.05, 3.63) is 29.6 Å². The van der Waals surface area contributed by atoms with Crippen LogP contribution in [0.15, 0.2) is 18.2 Å². The van der Waals surface area contributed by atoms with Crippen molar-refractivity contribution in [2.45, 2.75) is 12.5 Å². The topological polar surface area (TPSA) is 64.2 Å². The molecule has 1 atom stereocenters. The molecule has 3 nitrogen and oxygen atoms in total. The largest absolute Gasteiger partial charge is 0.505 e. The van der Waals surface area contributed by atoms with E-state index in [4.69, 9.17) is 10.4 Å². The molecule has 13 heavy (non-hydrogen) atoms. The summed E-state index contributed by atoms with van der Waals surface area (Å²) >= 11 is 0. The van der Waals surface area contributed by atoms with Crippen molar-refractivity contribution in [1.29, 1.82) is 5.26 Å². The average Bonchev–Trinajstić information content (AvgIpc) is 2.09. The van der Waals surface area contributed by atoms with Crippen LogP contribution in [0, 0.1) is 17.1 Å². The van der Waals surface area contributed by atoms with E-state index in [-0.39, 0.29) is 5.56 Å². The van der Waals surface area contributed by atoms with Crippen molar-refractivity contribution in [2.24, 2.45) is 0 Å². The second-order valence-electron chi connectivity index (χ2n) is 2.85. The third-order valence-corrected chi connectivity index (χ3v) is 1.73. The Bertz CT molecular complexity index is 368. The fourth-order valence-corrected chi connectivity index (χ4v) is 0.874.